The molecule has 0 heterocycles. The first kappa shape index (κ1) is 18.0. The molecule has 6 heteroatoms. The first-order valence-corrected chi connectivity index (χ1v) is 9.53. The average molecular weight is 398 g/mol. The molecule has 0 bridgehead atoms. The minimum Gasteiger partial charge on any atom is -0.492 e. The molecule has 0 radical (unpaired) electrons. The van der Waals surface area contributed by atoms with Gasteiger partial charge in [-0.15, -0.1) is 0 Å². The number of sulfonamides is 1. The number of nitrogens with one attached hydrogen (secondary N) is 1. The van der Waals surface area contributed by atoms with Crippen molar-refractivity contribution in [2.24, 2.45) is 0 Å². The molecule has 0 unspecified atom stereocenters. The van der Waals surface area contributed by atoms with E-state index in [-0.39, 0.29) is 18.0 Å². The molecule has 124 valence electrons. The van der Waals surface area contributed by atoms with Gasteiger partial charge in [-0.25, -0.2) is 13.1 Å². The Bertz CT molecular complexity index is 786. The lowest BCUT2D eigenvalue weighted by Crippen LogP contribution is -2.28. The lowest BCUT2D eigenvalue weighted by molar-refractivity contribution is 0.320. The van der Waals surface area contributed by atoms with Gasteiger partial charge in [0.25, 0.3) is 0 Å². The Labute approximate surface area is 146 Å². The van der Waals surface area contributed by atoms with E-state index in [2.05, 4.69) is 33.6 Å². The van der Waals surface area contributed by atoms with Crippen LogP contribution in [-0.2, 0) is 10.0 Å². The third-order valence-corrected chi connectivity index (χ3v) is 5.57. The van der Waals surface area contributed by atoms with Crippen molar-refractivity contribution < 1.29 is 13.2 Å². The van der Waals surface area contributed by atoms with Crippen LogP contribution in [0.3, 0.4) is 0 Å². The second-order valence-corrected chi connectivity index (χ2v) is 8.08. The van der Waals surface area contributed by atoms with Crippen LogP contribution in [0.15, 0.2) is 45.8 Å². The Morgan fingerprint density at radius 2 is 1.61 bits per heavy atom. The molecule has 0 spiro atoms. The van der Waals surface area contributed by atoms with Crippen molar-refractivity contribution in [3.8, 4) is 5.75 Å². The van der Waals surface area contributed by atoms with Crippen LogP contribution < -0.4 is 9.46 Å². The third kappa shape index (κ3) is 4.80. The molecule has 2 rings (SSSR count). The fraction of sp³-hybridized carbons (Fsp3) is 0.294. The van der Waals surface area contributed by atoms with Crippen LogP contribution in [0.1, 0.15) is 16.7 Å². The van der Waals surface area contributed by atoms with Gasteiger partial charge in [-0.1, -0.05) is 22.0 Å². The number of hydrogen-bond acceptors (Lipinski definition) is 3. The van der Waals surface area contributed by atoms with E-state index < -0.39 is 10.0 Å². The second kappa shape index (κ2) is 7.47. The zero-order chi connectivity index (χ0) is 17.0. The molecule has 0 aromatic heterocycles. The Morgan fingerprint density at radius 1 is 1.00 bits per heavy atom. The van der Waals surface area contributed by atoms with Crippen LogP contribution in [0, 0.1) is 20.8 Å². The molecule has 23 heavy (non-hydrogen) atoms. The Hall–Kier alpha value is -1.37. The molecule has 0 aliphatic rings. The van der Waals surface area contributed by atoms with Crippen LogP contribution >= 0.6 is 15.9 Å². The number of hydrogen-bond donors (Lipinski definition) is 1. The smallest absolute Gasteiger partial charge is 0.240 e. The van der Waals surface area contributed by atoms with Crippen LogP contribution in [0.25, 0.3) is 0 Å². The van der Waals surface area contributed by atoms with Gasteiger partial charge < -0.3 is 4.74 Å². The molecule has 1 N–H and O–H groups in total. The second-order valence-electron chi connectivity index (χ2n) is 5.40. The SMILES string of the molecule is Cc1cc(C)c(OCCNS(=O)(=O)c2ccc(Br)cc2)cc1C. The summed E-state index contributed by atoms with van der Waals surface area (Å²) in [5, 5.41) is 0. The maximum atomic E-state index is 12.1. The zero-order valence-corrected chi connectivity index (χ0v) is 15.8. The topological polar surface area (TPSA) is 55.4 Å². The molecule has 0 fully saturated rings. The fourth-order valence-corrected chi connectivity index (χ4v) is 3.40. The molecular weight excluding hydrogens is 378 g/mol. The van der Waals surface area contributed by atoms with E-state index in [1.807, 2.05) is 19.9 Å². The third-order valence-electron chi connectivity index (χ3n) is 3.57. The highest BCUT2D eigenvalue weighted by atomic mass is 79.9. The Balaban J connectivity index is 1.92. The number of benzene rings is 2. The van der Waals surface area contributed by atoms with E-state index >= 15 is 0 Å². The summed E-state index contributed by atoms with van der Waals surface area (Å²) in [5.41, 5.74) is 3.41. The van der Waals surface area contributed by atoms with E-state index in [1.165, 1.54) is 5.56 Å². The summed E-state index contributed by atoms with van der Waals surface area (Å²) in [6.07, 6.45) is 0. The minimum absolute atomic E-state index is 0.213. The van der Waals surface area contributed by atoms with Crippen molar-refractivity contribution in [1.29, 1.82) is 0 Å². The molecule has 4 nitrogen and oxygen atoms in total. The number of halogens is 1. The molecule has 0 saturated heterocycles. The maximum Gasteiger partial charge on any atom is 0.240 e. The molecule has 0 aliphatic carbocycles. The molecule has 2 aromatic rings. The number of ether oxygens (including phenoxy) is 1. The van der Waals surface area contributed by atoms with E-state index in [0.717, 1.165) is 21.3 Å². The van der Waals surface area contributed by atoms with Gasteiger partial charge in [0.2, 0.25) is 10.0 Å². The van der Waals surface area contributed by atoms with Gasteiger partial charge in [0.15, 0.2) is 0 Å². The number of aryl methyl sites for hydroxylation is 3. The highest BCUT2D eigenvalue weighted by molar-refractivity contribution is 9.10. The Morgan fingerprint density at radius 3 is 2.26 bits per heavy atom. The summed E-state index contributed by atoms with van der Waals surface area (Å²) in [6.45, 7) is 6.55. The van der Waals surface area contributed by atoms with E-state index in [9.17, 15) is 8.42 Å². The predicted molar refractivity (Wildman–Crippen MR) is 95.5 cm³/mol. The van der Waals surface area contributed by atoms with Gasteiger partial charge in [-0.05, 0) is 67.8 Å². The van der Waals surface area contributed by atoms with E-state index in [4.69, 9.17) is 4.74 Å². The fourth-order valence-electron chi connectivity index (χ4n) is 2.12. The Kier molecular flexibility index (Phi) is 5.84. The van der Waals surface area contributed by atoms with Crippen molar-refractivity contribution in [1.82, 2.24) is 4.72 Å². The molecule has 0 aliphatic heterocycles. The van der Waals surface area contributed by atoms with Gasteiger partial charge in [0, 0.05) is 11.0 Å². The van der Waals surface area contributed by atoms with Crippen LogP contribution in [-0.4, -0.2) is 21.6 Å². The van der Waals surface area contributed by atoms with Gasteiger partial charge in [0.05, 0.1) is 4.90 Å². The van der Waals surface area contributed by atoms with Crippen LogP contribution in [0.4, 0.5) is 0 Å². The highest BCUT2D eigenvalue weighted by Crippen LogP contribution is 2.22. The largest absolute Gasteiger partial charge is 0.492 e. The molecule has 0 saturated carbocycles. The lowest BCUT2D eigenvalue weighted by Gasteiger charge is -2.12. The van der Waals surface area contributed by atoms with Gasteiger partial charge >= 0.3 is 0 Å². The summed E-state index contributed by atoms with van der Waals surface area (Å²) >= 11 is 3.28. The molecule has 0 amide bonds. The van der Waals surface area contributed by atoms with Crippen molar-refractivity contribution in [3.63, 3.8) is 0 Å². The van der Waals surface area contributed by atoms with Gasteiger partial charge in [0.1, 0.15) is 12.4 Å². The predicted octanol–water partition coefficient (Wildman–Crippen LogP) is 3.73. The van der Waals surface area contributed by atoms with Crippen molar-refractivity contribution >= 4 is 26.0 Å². The summed E-state index contributed by atoms with van der Waals surface area (Å²) in [6, 6.07) is 10.6. The van der Waals surface area contributed by atoms with E-state index in [0.29, 0.717) is 0 Å². The van der Waals surface area contributed by atoms with Gasteiger partial charge in [-0.3, -0.25) is 0 Å². The summed E-state index contributed by atoms with van der Waals surface area (Å²) in [7, 11) is -3.51. The summed E-state index contributed by atoms with van der Waals surface area (Å²) in [5.74, 6) is 0.788. The first-order chi connectivity index (χ1) is 10.8. The molecule has 0 atom stereocenters. The summed E-state index contributed by atoms with van der Waals surface area (Å²) < 4.78 is 33.3. The number of rotatable bonds is 6. The first-order valence-electron chi connectivity index (χ1n) is 7.25. The zero-order valence-electron chi connectivity index (χ0n) is 13.4. The highest BCUT2D eigenvalue weighted by Gasteiger charge is 2.13. The van der Waals surface area contributed by atoms with E-state index in [1.54, 1.807) is 24.3 Å². The molecule has 2 aromatic carbocycles. The lowest BCUT2D eigenvalue weighted by atomic mass is 10.1. The maximum absolute atomic E-state index is 12.1. The monoisotopic (exact) mass is 397 g/mol. The van der Waals surface area contributed by atoms with Gasteiger partial charge in [-0.2, -0.15) is 0 Å². The average Bonchev–Trinajstić information content (AvgIpc) is 2.49. The quantitative estimate of drug-likeness (QED) is 0.755. The summed E-state index contributed by atoms with van der Waals surface area (Å²) in [4.78, 5) is 0.239. The van der Waals surface area contributed by atoms with Crippen molar-refractivity contribution in [2.45, 2.75) is 25.7 Å². The normalized spacial score (nSPS) is 11.5. The molecular formula is C17H20BrNO3S. The van der Waals surface area contributed by atoms with Crippen LogP contribution in [0.5, 0.6) is 5.75 Å². The van der Waals surface area contributed by atoms with Crippen molar-refractivity contribution in [2.75, 3.05) is 13.2 Å². The van der Waals surface area contributed by atoms with Crippen LogP contribution in [0.2, 0.25) is 0 Å². The van der Waals surface area contributed by atoms with Crippen molar-refractivity contribution in [3.05, 3.63) is 57.6 Å². The standard InChI is InChI=1S/C17H20BrNO3S/c1-12-10-14(3)17(11-13(12)2)22-9-8-19-23(20,21)16-6-4-15(18)5-7-16/h4-7,10-11,19H,8-9H2,1-3H3. The minimum atomic E-state index is -3.51.